The van der Waals surface area contributed by atoms with Crippen molar-refractivity contribution in [2.24, 2.45) is 17.6 Å². The quantitative estimate of drug-likeness (QED) is 0.815. The van der Waals surface area contributed by atoms with Crippen molar-refractivity contribution in [2.45, 2.75) is 32.7 Å². The second kappa shape index (κ2) is 9.64. The van der Waals surface area contributed by atoms with Crippen LogP contribution in [0.4, 0.5) is 0 Å². The first-order valence-corrected chi connectivity index (χ1v) is 8.32. The smallest absolute Gasteiger partial charge is 0.241 e. The molecular formula is C18H28ClN3O2. The Kier molecular flexibility index (Phi) is 8.22. The van der Waals surface area contributed by atoms with Gasteiger partial charge in [0.1, 0.15) is 0 Å². The lowest BCUT2D eigenvalue weighted by Gasteiger charge is -2.19. The molecule has 1 aliphatic heterocycles. The van der Waals surface area contributed by atoms with Gasteiger partial charge in [0.25, 0.3) is 0 Å². The Hall–Kier alpha value is -1.59. The maximum Gasteiger partial charge on any atom is 0.241 e. The van der Waals surface area contributed by atoms with Gasteiger partial charge in [-0.25, -0.2) is 0 Å². The monoisotopic (exact) mass is 353 g/mol. The zero-order chi connectivity index (χ0) is 16.8. The van der Waals surface area contributed by atoms with Gasteiger partial charge >= 0.3 is 0 Å². The van der Waals surface area contributed by atoms with Gasteiger partial charge in [-0.3, -0.25) is 9.59 Å². The summed E-state index contributed by atoms with van der Waals surface area (Å²) in [6.07, 6.45) is 2.01. The van der Waals surface area contributed by atoms with Crippen LogP contribution in [0.5, 0.6) is 0 Å². The molecule has 2 atom stereocenters. The summed E-state index contributed by atoms with van der Waals surface area (Å²) in [4.78, 5) is 25.9. The zero-order valence-electron chi connectivity index (χ0n) is 14.4. The molecule has 0 aromatic heterocycles. The SMILES string of the molecule is CC(C)[C@H](N)C(=O)NCC(=O)N1CCC(Cc2ccccc2)C1.Cl. The summed E-state index contributed by atoms with van der Waals surface area (Å²) in [6, 6.07) is 9.78. The minimum absolute atomic E-state index is 0. The number of halogens is 1. The van der Waals surface area contributed by atoms with E-state index in [1.54, 1.807) is 0 Å². The number of carbonyl (C=O) groups excluding carboxylic acids is 2. The average Bonchev–Trinajstić information content (AvgIpc) is 3.01. The summed E-state index contributed by atoms with van der Waals surface area (Å²) < 4.78 is 0. The van der Waals surface area contributed by atoms with Crippen LogP contribution in [0.15, 0.2) is 30.3 Å². The van der Waals surface area contributed by atoms with Gasteiger partial charge < -0.3 is 16.0 Å². The predicted octanol–water partition coefficient (Wildman–Crippen LogP) is 1.60. The third-order valence-electron chi connectivity index (χ3n) is 4.44. The highest BCUT2D eigenvalue weighted by Gasteiger charge is 2.27. The topological polar surface area (TPSA) is 75.4 Å². The first-order valence-electron chi connectivity index (χ1n) is 8.32. The highest BCUT2D eigenvalue weighted by Crippen LogP contribution is 2.20. The van der Waals surface area contributed by atoms with E-state index in [0.717, 1.165) is 25.9 Å². The van der Waals surface area contributed by atoms with Crippen molar-refractivity contribution in [2.75, 3.05) is 19.6 Å². The molecule has 0 radical (unpaired) electrons. The minimum Gasteiger partial charge on any atom is -0.346 e. The number of hydrogen-bond donors (Lipinski definition) is 2. The molecule has 6 heteroatoms. The molecular weight excluding hydrogens is 326 g/mol. The predicted molar refractivity (Wildman–Crippen MR) is 97.9 cm³/mol. The molecule has 1 fully saturated rings. The zero-order valence-corrected chi connectivity index (χ0v) is 15.2. The van der Waals surface area contributed by atoms with E-state index in [9.17, 15) is 9.59 Å². The largest absolute Gasteiger partial charge is 0.346 e. The van der Waals surface area contributed by atoms with Crippen molar-refractivity contribution >= 4 is 24.2 Å². The molecule has 5 nitrogen and oxygen atoms in total. The Balaban J connectivity index is 0.00000288. The molecule has 1 aliphatic rings. The van der Waals surface area contributed by atoms with Gasteiger partial charge in [0.2, 0.25) is 11.8 Å². The lowest BCUT2D eigenvalue weighted by molar-refractivity contribution is -0.132. The fourth-order valence-corrected chi connectivity index (χ4v) is 2.87. The van der Waals surface area contributed by atoms with Gasteiger partial charge in [-0.2, -0.15) is 0 Å². The summed E-state index contributed by atoms with van der Waals surface area (Å²) >= 11 is 0. The average molecular weight is 354 g/mol. The number of rotatable bonds is 6. The van der Waals surface area contributed by atoms with Gasteiger partial charge in [0.05, 0.1) is 12.6 Å². The van der Waals surface area contributed by atoms with Crippen molar-refractivity contribution in [3.05, 3.63) is 35.9 Å². The normalized spacial score (nSPS) is 18.2. The summed E-state index contributed by atoms with van der Waals surface area (Å²) in [6.45, 7) is 5.35. The first kappa shape index (κ1) is 20.5. The van der Waals surface area contributed by atoms with Crippen molar-refractivity contribution < 1.29 is 9.59 Å². The minimum atomic E-state index is -0.563. The number of hydrogen-bond acceptors (Lipinski definition) is 3. The molecule has 24 heavy (non-hydrogen) atoms. The first-order chi connectivity index (χ1) is 11.0. The molecule has 2 amide bonds. The highest BCUT2D eigenvalue weighted by atomic mass is 35.5. The molecule has 2 rings (SSSR count). The number of nitrogens with zero attached hydrogens (tertiary/aromatic N) is 1. The van der Waals surface area contributed by atoms with Crippen LogP contribution < -0.4 is 11.1 Å². The van der Waals surface area contributed by atoms with Crippen LogP contribution in [0.1, 0.15) is 25.8 Å². The third-order valence-corrected chi connectivity index (χ3v) is 4.44. The van der Waals surface area contributed by atoms with E-state index in [2.05, 4.69) is 17.4 Å². The van der Waals surface area contributed by atoms with Crippen molar-refractivity contribution in [3.63, 3.8) is 0 Å². The maximum atomic E-state index is 12.2. The molecule has 0 saturated carbocycles. The standard InChI is InChI=1S/C18H27N3O2.ClH/c1-13(2)17(19)18(23)20-11-16(22)21-9-8-15(12-21)10-14-6-4-3-5-7-14;/h3-7,13,15,17H,8-12,19H2,1-2H3,(H,20,23);1H/t15?,17-;/m0./s1. The molecule has 0 aliphatic carbocycles. The van der Waals surface area contributed by atoms with Crippen LogP contribution in [0.2, 0.25) is 0 Å². The van der Waals surface area contributed by atoms with E-state index >= 15 is 0 Å². The fourth-order valence-electron chi connectivity index (χ4n) is 2.87. The number of amides is 2. The van der Waals surface area contributed by atoms with Crippen molar-refractivity contribution in [3.8, 4) is 0 Å². The molecule has 1 heterocycles. The van der Waals surface area contributed by atoms with Crippen LogP contribution in [-0.4, -0.2) is 42.4 Å². The van der Waals surface area contributed by atoms with E-state index in [0.29, 0.717) is 5.92 Å². The second-order valence-corrected chi connectivity index (χ2v) is 6.67. The number of nitrogens with two attached hydrogens (primary N) is 1. The lowest BCUT2D eigenvalue weighted by Crippen LogP contribution is -2.47. The van der Waals surface area contributed by atoms with Gasteiger partial charge in [-0.15, -0.1) is 12.4 Å². The van der Waals surface area contributed by atoms with E-state index in [1.165, 1.54) is 5.56 Å². The lowest BCUT2D eigenvalue weighted by atomic mass is 9.99. The van der Waals surface area contributed by atoms with Crippen LogP contribution in [0.25, 0.3) is 0 Å². The van der Waals surface area contributed by atoms with Gasteiger partial charge in [-0.1, -0.05) is 44.2 Å². The van der Waals surface area contributed by atoms with Crippen LogP contribution in [-0.2, 0) is 16.0 Å². The van der Waals surface area contributed by atoms with E-state index in [1.807, 2.05) is 36.9 Å². The summed E-state index contributed by atoms with van der Waals surface area (Å²) in [5, 5.41) is 2.65. The molecule has 0 spiro atoms. The van der Waals surface area contributed by atoms with Crippen LogP contribution >= 0.6 is 12.4 Å². The van der Waals surface area contributed by atoms with Crippen molar-refractivity contribution in [1.82, 2.24) is 10.2 Å². The number of carbonyl (C=O) groups is 2. The Morgan fingerprint density at radius 2 is 1.96 bits per heavy atom. The Morgan fingerprint density at radius 1 is 1.29 bits per heavy atom. The summed E-state index contributed by atoms with van der Waals surface area (Å²) in [5.74, 6) is 0.278. The van der Waals surface area contributed by atoms with Crippen LogP contribution in [0, 0.1) is 11.8 Å². The Labute approximate surface area is 150 Å². The molecule has 1 aromatic rings. The van der Waals surface area contributed by atoms with Crippen LogP contribution in [0.3, 0.4) is 0 Å². The third kappa shape index (κ3) is 5.80. The number of benzene rings is 1. The highest BCUT2D eigenvalue weighted by molar-refractivity contribution is 5.87. The molecule has 1 unspecified atom stereocenters. The molecule has 1 aromatic carbocycles. The summed E-state index contributed by atoms with van der Waals surface area (Å²) in [5.41, 5.74) is 7.08. The molecule has 1 saturated heterocycles. The van der Waals surface area contributed by atoms with E-state index in [4.69, 9.17) is 5.73 Å². The van der Waals surface area contributed by atoms with Gasteiger partial charge in [0.15, 0.2) is 0 Å². The van der Waals surface area contributed by atoms with Gasteiger partial charge in [0, 0.05) is 13.1 Å². The van der Waals surface area contributed by atoms with E-state index in [-0.39, 0.29) is 36.7 Å². The molecule has 3 N–H and O–H groups in total. The van der Waals surface area contributed by atoms with Gasteiger partial charge in [-0.05, 0) is 30.2 Å². The van der Waals surface area contributed by atoms with E-state index < -0.39 is 6.04 Å². The molecule has 0 bridgehead atoms. The Morgan fingerprint density at radius 3 is 2.58 bits per heavy atom. The fraction of sp³-hybridized carbons (Fsp3) is 0.556. The maximum absolute atomic E-state index is 12.2. The molecule has 134 valence electrons. The Bertz CT molecular complexity index is 536. The number of likely N-dealkylation sites (tertiary alicyclic amines) is 1. The number of nitrogens with one attached hydrogen (secondary N) is 1. The summed E-state index contributed by atoms with van der Waals surface area (Å²) in [7, 11) is 0. The van der Waals surface area contributed by atoms with Crippen molar-refractivity contribution in [1.29, 1.82) is 0 Å². The second-order valence-electron chi connectivity index (χ2n) is 6.67.